The van der Waals surface area contributed by atoms with Gasteiger partial charge in [-0.3, -0.25) is 14.2 Å². The van der Waals surface area contributed by atoms with Crippen LogP contribution in [0.5, 0.6) is 0 Å². The van der Waals surface area contributed by atoms with Crippen molar-refractivity contribution in [3.05, 3.63) is 0 Å². The fourth-order valence-corrected chi connectivity index (χ4v) is 2.47. The molecular weight excluding hydrogens is 413 g/mol. The maximum atomic E-state index is 11.9. The molecule has 0 rings (SSSR count). The largest absolute Gasteiger partial charge is 0.756 e. The summed E-state index contributed by atoms with van der Waals surface area (Å²) in [5, 5.41) is 0. The molecule has 0 saturated carbocycles. The average Bonchev–Trinajstić information content (AvgIpc) is 2.63. The first-order valence-corrected chi connectivity index (χ1v) is 11.1. The highest BCUT2D eigenvalue weighted by Crippen LogP contribution is 2.38. The minimum absolute atomic E-state index is 0.0631. The van der Waals surface area contributed by atoms with Crippen molar-refractivity contribution in [1.29, 1.82) is 0 Å². The van der Waals surface area contributed by atoms with Gasteiger partial charge in [0.2, 0.25) is 0 Å². The van der Waals surface area contributed by atoms with Crippen LogP contribution < -0.4 is 4.89 Å². The van der Waals surface area contributed by atoms with E-state index in [4.69, 9.17) is 18.5 Å². The molecule has 0 aromatic heterocycles. The van der Waals surface area contributed by atoms with Crippen LogP contribution in [0.4, 0.5) is 0 Å². The van der Waals surface area contributed by atoms with Crippen LogP contribution in [0, 0.1) is 23.7 Å². The summed E-state index contributed by atoms with van der Waals surface area (Å²) < 4.78 is 32.2. The molecule has 0 amide bonds. The van der Waals surface area contributed by atoms with Crippen LogP contribution in [-0.2, 0) is 32.7 Å². The summed E-state index contributed by atoms with van der Waals surface area (Å²) in [6.07, 6.45) is -0.234. The number of nitrogens with zero attached hydrogens (tertiary/aromatic N) is 1. The molecular formula is C20H32NO8P. The second-order valence-corrected chi connectivity index (χ2v) is 8.56. The van der Waals surface area contributed by atoms with E-state index in [2.05, 4.69) is 23.7 Å². The van der Waals surface area contributed by atoms with Gasteiger partial charge in [-0.15, -0.1) is 11.8 Å². The van der Waals surface area contributed by atoms with E-state index in [-0.39, 0.29) is 26.1 Å². The van der Waals surface area contributed by atoms with Crippen LogP contribution in [0.15, 0.2) is 0 Å². The molecule has 0 aliphatic carbocycles. The van der Waals surface area contributed by atoms with Crippen molar-refractivity contribution in [3.63, 3.8) is 0 Å². The zero-order valence-corrected chi connectivity index (χ0v) is 19.3. The van der Waals surface area contributed by atoms with E-state index in [0.717, 1.165) is 0 Å². The fourth-order valence-electron chi connectivity index (χ4n) is 1.74. The fraction of sp³-hybridized carbons (Fsp3) is 0.700. The smallest absolute Gasteiger partial charge is 0.318 e. The van der Waals surface area contributed by atoms with Gasteiger partial charge in [0.1, 0.15) is 32.6 Å². The van der Waals surface area contributed by atoms with Gasteiger partial charge >= 0.3 is 11.9 Å². The molecule has 0 N–H and O–H groups in total. The number of rotatable bonds is 12. The Balaban J connectivity index is 4.78. The summed E-state index contributed by atoms with van der Waals surface area (Å²) >= 11 is 0. The Morgan fingerprint density at radius 1 is 0.933 bits per heavy atom. The molecule has 0 radical (unpaired) electrons. The number of ether oxygens (including phenoxy) is 2. The molecule has 170 valence electrons. The zero-order valence-electron chi connectivity index (χ0n) is 18.4. The van der Waals surface area contributed by atoms with E-state index in [1.165, 1.54) is 0 Å². The van der Waals surface area contributed by atoms with Crippen molar-refractivity contribution in [2.24, 2.45) is 0 Å². The van der Waals surface area contributed by atoms with Crippen molar-refractivity contribution in [3.8, 4) is 23.7 Å². The van der Waals surface area contributed by atoms with Crippen molar-refractivity contribution in [2.75, 3.05) is 47.5 Å². The monoisotopic (exact) mass is 445 g/mol. The number of hydrogen-bond donors (Lipinski definition) is 0. The highest BCUT2D eigenvalue weighted by atomic mass is 31.2. The highest BCUT2D eigenvalue weighted by molar-refractivity contribution is 7.45. The predicted octanol–water partition coefficient (Wildman–Crippen LogP) is 1.26. The number of likely N-dealkylation sites (N-methyl/N-ethyl adjacent to an activating group) is 1. The molecule has 1 unspecified atom stereocenters. The second-order valence-electron chi connectivity index (χ2n) is 7.15. The molecule has 0 aromatic rings. The Kier molecular flexibility index (Phi) is 14.1. The van der Waals surface area contributed by atoms with Crippen LogP contribution >= 0.6 is 7.82 Å². The molecule has 10 heteroatoms. The molecule has 0 aliphatic heterocycles. The lowest BCUT2D eigenvalue weighted by molar-refractivity contribution is -0.870. The van der Waals surface area contributed by atoms with E-state index in [1.54, 1.807) is 0 Å². The molecule has 0 aliphatic rings. The molecule has 0 spiro atoms. The van der Waals surface area contributed by atoms with Gasteiger partial charge < -0.3 is 27.9 Å². The van der Waals surface area contributed by atoms with E-state index in [0.29, 0.717) is 23.9 Å². The Bertz CT molecular complexity index is 708. The summed E-state index contributed by atoms with van der Waals surface area (Å²) in [4.78, 5) is 35.5. The van der Waals surface area contributed by atoms with E-state index in [1.807, 2.05) is 35.0 Å². The summed E-state index contributed by atoms with van der Waals surface area (Å²) in [6.45, 7) is 3.13. The Labute approximate surface area is 179 Å². The normalized spacial score (nSPS) is 13.7. The van der Waals surface area contributed by atoms with Gasteiger partial charge in [-0.25, -0.2) is 0 Å². The van der Waals surface area contributed by atoms with E-state index < -0.39 is 32.5 Å². The van der Waals surface area contributed by atoms with Gasteiger partial charge in [0.15, 0.2) is 6.10 Å². The minimum Gasteiger partial charge on any atom is -0.756 e. The van der Waals surface area contributed by atoms with Crippen LogP contribution in [-0.4, -0.2) is 70.0 Å². The van der Waals surface area contributed by atoms with Gasteiger partial charge in [0, 0.05) is 12.8 Å². The summed E-state index contributed by atoms with van der Waals surface area (Å²) in [5.41, 5.74) is 0. The van der Waals surface area contributed by atoms with Crippen molar-refractivity contribution >= 4 is 19.8 Å². The highest BCUT2D eigenvalue weighted by Gasteiger charge is 2.21. The zero-order chi connectivity index (χ0) is 23.0. The molecule has 0 heterocycles. The second kappa shape index (κ2) is 15.0. The first-order chi connectivity index (χ1) is 14.0. The number of hydrogen-bond acceptors (Lipinski definition) is 8. The van der Waals surface area contributed by atoms with E-state index in [9.17, 15) is 19.0 Å². The summed E-state index contributed by atoms with van der Waals surface area (Å²) in [6, 6.07) is 0. The van der Waals surface area contributed by atoms with Crippen LogP contribution in [0.3, 0.4) is 0 Å². The number of carbonyl (C=O) groups is 2. The van der Waals surface area contributed by atoms with Crippen LogP contribution in [0.2, 0.25) is 0 Å². The van der Waals surface area contributed by atoms with Crippen LogP contribution in [0.25, 0.3) is 0 Å². The number of quaternary nitrogens is 1. The number of phosphoric ester groups is 1. The molecule has 0 saturated heterocycles. The Morgan fingerprint density at radius 3 is 2.03 bits per heavy atom. The topological polar surface area (TPSA) is 111 Å². The third kappa shape index (κ3) is 17.0. The Morgan fingerprint density at radius 2 is 1.50 bits per heavy atom. The molecule has 30 heavy (non-hydrogen) atoms. The molecule has 9 nitrogen and oxygen atoms in total. The van der Waals surface area contributed by atoms with Crippen LogP contribution in [0.1, 0.15) is 39.5 Å². The predicted molar refractivity (Wildman–Crippen MR) is 109 cm³/mol. The standard InChI is InChI=1S/C20H32NO8P/c1-6-8-10-12-19(22)26-16-18(29-20(23)13-11-9-7-2)17-28-30(24,25)27-15-14-21(3,4)5/h18H,6-7,12-17H2,1-5H3/t18-/m1/s1. The quantitative estimate of drug-likeness (QED) is 0.191. The van der Waals surface area contributed by atoms with Gasteiger partial charge in [-0.2, -0.15) is 0 Å². The molecule has 0 bridgehead atoms. The van der Waals surface area contributed by atoms with Crippen molar-refractivity contribution in [2.45, 2.75) is 45.6 Å². The van der Waals surface area contributed by atoms with E-state index >= 15 is 0 Å². The van der Waals surface area contributed by atoms with Crippen molar-refractivity contribution < 1.29 is 42.1 Å². The molecule has 0 fully saturated rings. The first kappa shape index (κ1) is 28.1. The lowest BCUT2D eigenvalue weighted by Gasteiger charge is -2.28. The van der Waals surface area contributed by atoms with Gasteiger partial charge in [-0.1, -0.05) is 25.7 Å². The number of carbonyl (C=O) groups excluding carboxylic acids is 2. The molecule has 2 atom stereocenters. The number of esters is 2. The van der Waals surface area contributed by atoms with Gasteiger partial charge in [0.25, 0.3) is 7.82 Å². The van der Waals surface area contributed by atoms with Gasteiger partial charge in [0.05, 0.1) is 27.7 Å². The lowest BCUT2D eigenvalue weighted by Crippen LogP contribution is -2.37. The maximum Gasteiger partial charge on any atom is 0.318 e. The third-order valence-corrected chi connectivity index (χ3v) is 4.19. The Hall–Kier alpha value is -1.87. The average molecular weight is 445 g/mol. The minimum atomic E-state index is -4.61. The number of phosphoric acid groups is 1. The summed E-state index contributed by atoms with van der Waals surface area (Å²) in [5.74, 6) is 9.40. The first-order valence-electron chi connectivity index (χ1n) is 9.66. The lowest BCUT2D eigenvalue weighted by atomic mass is 10.3. The maximum absolute atomic E-state index is 11.9. The van der Waals surface area contributed by atoms with Crippen molar-refractivity contribution in [1.82, 2.24) is 0 Å². The summed E-state index contributed by atoms with van der Waals surface area (Å²) in [7, 11) is 1.04. The van der Waals surface area contributed by atoms with Gasteiger partial charge in [-0.05, 0) is 0 Å². The SMILES string of the molecule is CCC#CCC(=O)OC[C@H](COP(=O)([O-])OCC[N+](C)(C)C)OC(=O)CC#CCC. The molecule has 0 aromatic carbocycles. The third-order valence-electron chi connectivity index (χ3n) is 3.23.